The van der Waals surface area contributed by atoms with Crippen molar-refractivity contribution in [2.45, 2.75) is 19.1 Å². The Morgan fingerprint density at radius 1 is 1.55 bits per heavy atom. The third-order valence-corrected chi connectivity index (χ3v) is 2.38. The fourth-order valence-corrected chi connectivity index (χ4v) is 1.31. The van der Waals surface area contributed by atoms with Crippen molar-refractivity contribution in [2.24, 2.45) is 0 Å². The molecule has 0 rings (SSSR count). The summed E-state index contributed by atoms with van der Waals surface area (Å²) in [5.41, 5.74) is 0. The quantitative estimate of drug-likeness (QED) is 0.550. The molecule has 2 N–H and O–H groups in total. The highest BCUT2D eigenvalue weighted by atomic mass is 32.2. The van der Waals surface area contributed by atoms with Crippen molar-refractivity contribution in [3.05, 3.63) is 0 Å². The molecule has 0 radical (unpaired) electrons. The summed E-state index contributed by atoms with van der Waals surface area (Å²) in [5.74, 6) is 0.441. The Morgan fingerprint density at radius 3 is 2.45 bits per heavy atom. The molecule has 11 heavy (non-hydrogen) atoms. The molecular weight excluding hydrogens is 184 g/mol. The van der Waals surface area contributed by atoms with Gasteiger partial charge in [0.15, 0.2) is 5.12 Å². The van der Waals surface area contributed by atoms with Crippen molar-refractivity contribution >= 4 is 29.5 Å². The van der Waals surface area contributed by atoms with Crippen molar-refractivity contribution in [2.75, 3.05) is 11.5 Å². The van der Waals surface area contributed by atoms with Crippen LogP contribution in [0.1, 0.15) is 6.92 Å². The van der Waals surface area contributed by atoms with Crippen molar-refractivity contribution in [1.29, 1.82) is 0 Å². The number of rotatable bonds is 4. The Hall–Kier alpha value is 0.290. The minimum atomic E-state index is -0.860. The second kappa shape index (κ2) is 5.88. The van der Waals surface area contributed by atoms with Gasteiger partial charge in [0, 0.05) is 18.4 Å². The van der Waals surface area contributed by atoms with E-state index < -0.39 is 12.2 Å². The summed E-state index contributed by atoms with van der Waals surface area (Å²) in [6.45, 7) is 1.42. The summed E-state index contributed by atoms with van der Waals surface area (Å²) >= 11 is 4.80. The van der Waals surface area contributed by atoms with Crippen LogP contribution in [-0.2, 0) is 4.79 Å². The fraction of sp³-hybridized carbons (Fsp3) is 0.833. The number of carbonyl (C=O) groups excluding carboxylic acids is 1. The zero-order valence-electron chi connectivity index (χ0n) is 6.23. The standard InChI is InChI=1S/C6H12O3S2/c1-4(7)11-3-6(9)5(8)2-10/h5-6,8-10H,2-3H2,1H3/t5-,6-/m1/s1. The average molecular weight is 196 g/mol. The topological polar surface area (TPSA) is 57.5 Å². The number of thioether (sulfide) groups is 1. The van der Waals surface area contributed by atoms with E-state index in [1.54, 1.807) is 0 Å². The average Bonchev–Trinajstić information content (AvgIpc) is 1.98. The van der Waals surface area contributed by atoms with Crippen LogP contribution >= 0.6 is 24.4 Å². The van der Waals surface area contributed by atoms with E-state index in [4.69, 9.17) is 10.2 Å². The molecule has 66 valence electrons. The van der Waals surface area contributed by atoms with Crippen LogP contribution in [0.25, 0.3) is 0 Å². The Balaban J connectivity index is 3.51. The van der Waals surface area contributed by atoms with Crippen LogP contribution in [0.3, 0.4) is 0 Å². The maximum atomic E-state index is 10.4. The van der Waals surface area contributed by atoms with E-state index in [1.807, 2.05) is 0 Å². The first-order valence-corrected chi connectivity index (χ1v) is 4.80. The van der Waals surface area contributed by atoms with Gasteiger partial charge >= 0.3 is 0 Å². The van der Waals surface area contributed by atoms with E-state index in [9.17, 15) is 4.79 Å². The molecule has 0 aliphatic carbocycles. The van der Waals surface area contributed by atoms with Crippen LogP contribution in [0.5, 0.6) is 0 Å². The van der Waals surface area contributed by atoms with Crippen LogP contribution < -0.4 is 0 Å². The lowest BCUT2D eigenvalue weighted by molar-refractivity contribution is -0.109. The minimum absolute atomic E-state index is 0.0598. The summed E-state index contributed by atoms with van der Waals surface area (Å²) in [6, 6.07) is 0. The van der Waals surface area contributed by atoms with E-state index in [-0.39, 0.29) is 16.6 Å². The maximum absolute atomic E-state index is 10.4. The Kier molecular flexibility index (Phi) is 6.03. The van der Waals surface area contributed by atoms with Crippen molar-refractivity contribution in [1.82, 2.24) is 0 Å². The van der Waals surface area contributed by atoms with Gasteiger partial charge in [-0.2, -0.15) is 12.6 Å². The smallest absolute Gasteiger partial charge is 0.185 e. The van der Waals surface area contributed by atoms with E-state index in [2.05, 4.69) is 12.6 Å². The number of carbonyl (C=O) groups is 1. The summed E-state index contributed by atoms with van der Waals surface area (Å²) < 4.78 is 0. The molecule has 0 aliphatic rings. The number of aliphatic hydroxyl groups is 2. The van der Waals surface area contributed by atoms with E-state index in [1.165, 1.54) is 6.92 Å². The largest absolute Gasteiger partial charge is 0.390 e. The normalized spacial score (nSPS) is 16.0. The second-order valence-electron chi connectivity index (χ2n) is 2.12. The van der Waals surface area contributed by atoms with Gasteiger partial charge in [0.1, 0.15) is 0 Å². The van der Waals surface area contributed by atoms with E-state index in [0.717, 1.165) is 11.8 Å². The lowest BCUT2D eigenvalue weighted by Gasteiger charge is -2.13. The molecule has 0 aromatic rings. The van der Waals surface area contributed by atoms with Crippen molar-refractivity contribution in [3.63, 3.8) is 0 Å². The summed E-state index contributed by atoms with van der Waals surface area (Å²) in [4.78, 5) is 10.4. The molecule has 0 aliphatic heterocycles. The molecule has 0 fully saturated rings. The minimum Gasteiger partial charge on any atom is -0.390 e. The van der Waals surface area contributed by atoms with Gasteiger partial charge in [-0.15, -0.1) is 0 Å². The molecule has 5 heteroatoms. The highest BCUT2D eigenvalue weighted by molar-refractivity contribution is 8.13. The molecular formula is C6H12O3S2. The zero-order valence-corrected chi connectivity index (χ0v) is 7.94. The van der Waals surface area contributed by atoms with Crippen molar-refractivity contribution in [3.8, 4) is 0 Å². The molecule has 0 spiro atoms. The van der Waals surface area contributed by atoms with E-state index in [0.29, 0.717) is 0 Å². The number of aliphatic hydroxyl groups excluding tert-OH is 2. The first-order chi connectivity index (χ1) is 5.07. The summed E-state index contributed by atoms with van der Waals surface area (Å²) in [5, 5.41) is 18.0. The summed E-state index contributed by atoms with van der Waals surface area (Å²) in [7, 11) is 0. The van der Waals surface area contributed by atoms with Crippen LogP contribution in [0.15, 0.2) is 0 Å². The molecule has 0 aromatic carbocycles. The van der Waals surface area contributed by atoms with Gasteiger partial charge in [-0.25, -0.2) is 0 Å². The molecule has 0 aromatic heterocycles. The summed E-state index contributed by atoms with van der Waals surface area (Å²) in [6.07, 6.45) is -1.70. The fourth-order valence-electron chi connectivity index (χ4n) is 0.435. The lowest BCUT2D eigenvalue weighted by atomic mass is 10.3. The molecule has 0 saturated heterocycles. The second-order valence-corrected chi connectivity index (χ2v) is 3.68. The van der Waals surface area contributed by atoms with Gasteiger partial charge in [-0.05, 0) is 0 Å². The number of thiol groups is 1. The molecule has 0 heterocycles. The van der Waals surface area contributed by atoms with Gasteiger partial charge in [0.2, 0.25) is 0 Å². The highest BCUT2D eigenvalue weighted by Gasteiger charge is 2.14. The monoisotopic (exact) mass is 196 g/mol. The number of hydrogen-bond acceptors (Lipinski definition) is 5. The molecule has 2 atom stereocenters. The molecule has 3 nitrogen and oxygen atoms in total. The first-order valence-electron chi connectivity index (χ1n) is 3.18. The molecule has 0 unspecified atom stereocenters. The SMILES string of the molecule is CC(=O)SC[C@@H](O)[C@H](O)CS. The molecule has 0 saturated carbocycles. The van der Waals surface area contributed by atoms with Gasteiger partial charge in [0.05, 0.1) is 12.2 Å². The third-order valence-electron chi connectivity index (χ3n) is 1.09. The first kappa shape index (κ1) is 11.3. The van der Waals surface area contributed by atoms with Gasteiger partial charge in [0.25, 0.3) is 0 Å². The number of hydrogen-bond donors (Lipinski definition) is 3. The molecule has 0 amide bonds. The van der Waals surface area contributed by atoms with Crippen molar-refractivity contribution < 1.29 is 15.0 Å². The Labute approximate surface area is 75.6 Å². The maximum Gasteiger partial charge on any atom is 0.185 e. The van der Waals surface area contributed by atoms with Crippen LogP contribution in [-0.4, -0.2) is 39.0 Å². The van der Waals surface area contributed by atoms with Crippen LogP contribution in [0.2, 0.25) is 0 Å². The Bertz CT molecular complexity index is 129. The van der Waals surface area contributed by atoms with Gasteiger partial charge < -0.3 is 10.2 Å². The highest BCUT2D eigenvalue weighted by Crippen LogP contribution is 2.07. The molecule has 0 bridgehead atoms. The van der Waals surface area contributed by atoms with Gasteiger partial charge in [-0.3, -0.25) is 4.79 Å². The lowest BCUT2D eigenvalue weighted by Crippen LogP contribution is -2.29. The Morgan fingerprint density at radius 2 is 2.09 bits per heavy atom. The van der Waals surface area contributed by atoms with E-state index >= 15 is 0 Å². The van der Waals surface area contributed by atoms with Crippen LogP contribution in [0, 0.1) is 0 Å². The van der Waals surface area contributed by atoms with Crippen LogP contribution in [0.4, 0.5) is 0 Å². The zero-order chi connectivity index (χ0) is 8.85. The predicted molar refractivity (Wildman–Crippen MR) is 49.0 cm³/mol. The predicted octanol–water partition coefficient (Wildman–Crippen LogP) is -0.0823. The third kappa shape index (κ3) is 5.55. The van der Waals surface area contributed by atoms with Gasteiger partial charge in [-0.1, -0.05) is 11.8 Å².